The Morgan fingerprint density at radius 2 is 1.77 bits per heavy atom. The van der Waals surface area contributed by atoms with E-state index in [0.717, 1.165) is 19.3 Å². The minimum atomic E-state index is 0.253. The maximum Gasteiger partial charge on any atom is 0.130 e. The van der Waals surface area contributed by atoms with Crippen molar-refractivity contribution in [1.29, 1.82) is 0 Å². The maximum atomic E-state index is 10.7. The molecule has 0 N–H and O–H groups in total. The Bertz CT molecular complexity index is 207. The summed E-state index contributed by atoms with van der Waals surface area (Å²) in [4.78, 5) is 10.7. The molecule has 0 saturated heterocycles. The van der Waals surface area contributed by atoms with Gasteiger partial charge in [0.25, 0.3) is 0 Å². The summed E-state index contributed by atoms with van der Waals surface area (Å²) in [6.07, 6.45) is 5.77. The van der Waals surface area contributed by atoms with Crippen LogP contribution in [0.1, 0.15) is 46.5 Å². The molecule has 0 aliphatic carbocycles. The van der Waals surface area contributed by atoms with E-state index < -0.39 is 0 Å². The number of hydrogen-bond donors (Lipinski definition) is 0. The van der Waals surface area contributed by atoms with Gasteiger partial charge in [0.05, 0.1) is 0 Å². The number of carbonyl (C=O) groups is 1. The number of ketones is 1. The van der Waals surface area contributed by atoms with Gasteiger partial charge in [0.15, 0.2) is 0 Å². The van der Waals surface area contributed by atoms with Crippen LogP contribution in [-0.2, 0) is 4.79 Å². The number of allylic oxidation sites excluding steroid dienone is 3. The number of carbonyl (C=O) groups excluding carboxylic acids is 1. The summed E-state index contributed by atoms with van der Waals surface area (Å²) in [6, 6.07) is 0. The highest BCUT2D eigenvalue weighted by molar-refractivity contribution is 5.75. The van der Waals surface area contributed by atoms with Crippen LogP contribution < -0.4 is 0 Å². The Kier molecular flexibility index (Phi) is 6.21. The summed E-state index contributed by atoms with van der Waals surface area (Å²) in [7, 11) is 0. The third-order valence-electron chi connectivity index (χ3n) is 1.88. The molecule has 0 heterocycles. The van der Waals surface area contributed by atoms with Crippen LogP contribution in [0.15, 0.2) is 23.8 Å². The molecule has 0 rings (SSSR count). The van der Waals surface area contributed by atoms with Gasteiger partial charge in [0, 0.05) is 6.42 Å². The van der Waals surface area contributed by atoms with E-state index >= 15 is 0 Å². The Balaban J connectivity index is 3.52. The normalized spacial score (nSPS) is 9.46. The molecule has 0 radical (unpaired) electrons. The first kappa shape index (κ1) is 12.2. The van der Waals surface area contributed by atoms with Crippen LogP contribution in [0, 0.1) is 0 Å². The zero-order valence-electron chi connectivity index (χ0n) is 9.02. The van der Waals surface area contributed by atoms with Crippen molar-refractivity contribution < 1.29 is 4.79 Å². The van der Waals surface area contributed by atoms with Crippen LogP contribution in [0.25, 0.3) is 0 Å². The van der Waals surface area contributed by atoms with E-state index in [-0.39, 0.29) is 5.78 Å². The summed E-state index contributed by atoms with van der Waals surface area (Å²) >= 11 is 0. The van der Waals surface area contributed by atoms with Gasteiger partial charge in [-0.25, -0.2) is 0 Å². The largest absolute Gasteiger partial charge is 0.300 e. The van der Waals surface area contributed by atoms with Crippen LogP contribution in [-0.4, -0.2) is 5.78 Å². The van der Waals surface area contributed by atoms with Crippen molar-refractivity contribution in [3.8, 4) is 0 Å². The molecule has 0 fully saturated rings. The van der Waals surface area contributed by atoms with Crippen LogP contribution in [0.3, 0.4) is 0 Å². The lowest BCUT2D eigenvalue weighted by atomic mass is 10.0. The van der Waals surface area contributed by atoms with Gasteiger partial charge < -0.3 is 4.79 Å². The lowest BCUT2D eigenvalue weighted by Gasteiger charge is -2.01. The van der Waals surface area contributed by atoms with Crippen LogP contribution >= 0.6 is 0 Å². The van der Waals surface area contributed by atoms with E-state index in [0.29, 0.717) is 6.42 Å². The van der Waals surface area contributed by atoms with Crippen molar-refractivity contribution in [2.75, 3.05) is 0 Å². The third-order valence-corrected chi connectivity index (χ3v) is 1.88. The summed E-state index contributed by atoms with van der Waals surface area (Å²) in [5, 5.41) is 0. The topological polar surface area (TPSA) is 17.1 Å². The fourth-order valence-corrected chi connectivity index (χ4v) is 1.04. The van der Waals surface area contributed by atoms with Crippen molar-refractivity contribution >= 4 is 5.78 Å². The Labute approximate surface area is 81.5 Å². The van der Waals surface area contributed by atoms with E-state index in [2.05, 4.69) is 26.5 Å². The molecule has 0 aliphatic rings. The first-order valence-electron chi connectivity index (χ1n) is 4.82. The molecule has 0 aliphatic heterocycles. The highest BCUT2D eigenvalue weighted by Crippen LogP contribution is 2.11. The van der Waals surface area contributed by atoms with Crippen LogP contribution in [0.2, 0.25) is 0 Å². The summed E-state index contributed by atoms with van der Waals surface area (Å²) in [6.45, 7) is 9.76. The Morgan fingerprint density at radius 1 is 1.15 bits per heavy atom. The minimum absolute atomic E-state index is 0.253. The van der Waals surface area contributed by atoms with Gasteiger partial charge in [-0.15, -0.1) is 0 Å². The fourth-order valence-electron chi connectivity index (χ4n) is 1.04. The van der Waals surface area contributed by atoms with Gasteiger partial charge in [-0.3, -0.25) is 0 Å². The van der Waals surface area contributed by atoms with Gasteiger partial charge in [0.1, 0.15) is 5.78 Å². The van der Waals surface area contributed by atoms with Gasteiger partial charge >= 0.3 is 0 Å². The van der Waals surface area contributed by atoms with E-state index in [1.807, 2.05) is 0 Å². The SMILES string of the molecule is C=C(CCC=C(C)C)CCC(C)=O. The molecule has 0 aromatic carbocycles. The van der Waals surface area contributed by atoms with E-state index in [4.69, 9.17) is 0 Å². The molecular weight excluding hydrogens is 160 g/mol. The highest BCUT2D eigenvalue weighted by atomic mass is 16.1. The molecule has 0 amide bonds. The second kappa shape index (κ2) is 6.64. The van der Waals surface area contributed by atoms with Crippen molar-refractivity contribution in [3.63, 3.8) is 0 Å². The molecule has 0 aromatic rings. The van der Waals surface area contributed by atoms with Gasteiger partial charge in [-0.1, -0.05) is 23.8 Å². The quantitative estimate of drug-likeness (QED) is 0.570. The van der Waals surface area contributed by atoms with Crippen molar-refractivity contribution in [2.45, 2.75) is 46.5 Å². The van der Waals surface area contributed by atoms with Crippen LogP contribution in [0.4, 0.5) is 0 Å². The third kappa shape index (κ3) is 9.06. The smallest absolute Gasteiger partial charge is 0.130 e. The molecule has 0 spiro atoms. The lowest BCUT2D eigenvalue weighted by molar-refractivity contribution is -0.116. The number of Topliss-reactive ketones (excluding diaryl/α,β-unsaturated/α-hetero) is 1. The number of hydrogen-bond acceptors (Lipinski definition) is 1. The number of rotatable bonds is 6. The molecular formula is C12H20O. The zero-order chi connectivity index (χ0) is 10.3. The molecule has 0 saturated carbocycles. The second-order valence-electron chi connectivity index (χ2n) is 3.77. The summed E-state index contributed by atoms with van der Waals surface area (Å²) in [5.41, 5.74) is 2.53. The Hall–Kier alpha value is -0.850. The zero-order valence-corrected chi connectivity index (χ0v) is 9.02. The highest BCUT2D eigenvalue weighted by Gasteiger charge is 1.96. The van der Waals surface area contributed by atoms with Gasteiger partial charge in [-0.05, 0) is 40.0 Å². The first-order chi connectivity index (χ1) is 6.02. The lowest BCUT2D eigenvalue weighted by Crippen LogP contribution is -1.91. The molecule has 13 heavy (non-hydrogen) atoms. The Morgan fingerprint density at radius 3 is 2.23 bits per heavy atom. The molecule has 0 aromatic heterocycles. The van der Waals surface area contributed by atoms with E-state index in [1.165, 1.54) is 11.1 Å². The van der Waals surface area contributed by atoms with Crippen LogP contribution in [0.5, 0.6) is 0 Å². The fraction of sp³-hybridized carbons (Fsp3) is 0.583. The monoisotopic (exact) mass is 180 g/mol. The molecule has 1 heteroatoms. The molecule has 1 nitrogen and oxygen atoms in total. The maximum absolute atomic E-state index is 10.7. The minimum Gasteiger partial charge on any atom is -0.300 e. The average molecular weight is 180 g/mol. The first-order valence-corrected chi connectivity index (χ1v) is 4.82. The van der Waals surface area contributed by atoms with E-state index in [1.54, 1.807) is 6.92 Å². The van der Waals surface area contributed by atoms with Gasteiger partial charge in [0.2, 0.25) is 0 Å². The van der Waals surface area contributed by atoms with Gasteiger partial charge in [-0.2, -0.15) is 0 Å². The standard InChI is InChI=1S/C12H20O/c1-10(2)6-5-7-11(3)8-9-12(4)13/h6H,3,5,7-9H2,1-2,4H3. The molecule has 0 atom stereocenters. The summed E-state index contributed by atoms with van der Waals surface area (Å²) in [5.74, 6) is 0.253. The van der Waals surface area contributed by atoms with Crippen molar-refractivity contribution in [2.24, 2.45) is 0 Å². The predicted octanol–water partition coefficient (Wildman–Crippen LogP) is 3.66. The van der Waals surface area contributed by atoms with Crippen molar-refractivity contribution in [1.82, 2.24) is 0 Å². The molecule has 0 bridgehead atoms. The predicted molar refractivity (Wildman–Crippen MR) is 57.7 cm³/mol. The molecule has 0 unspecified atom stereocenters. The van der Waals surface area contributed by atoms with Crippen molar-refractivity contribution in [3.05, 3.63) is 23.8 Å². The second-order valence-corrected chi connectivity index (χ2v) is 3.77. The van der Waals surface area contributed by atoms with E-state index in [9.17, 15) is 4.79 Å². The average Bonchev–Trinajstić information content (AvgIpc) is 2.00. The summed E-state index contributed by atoms with van der Waals surface area (Å²) < 4.78 is 0. The molecule has 74 valence electrons.